The quantitative estimate of drug-likeness (QED) is 0.737. The highest BCUT2D eigenvalue weighted by molar-refractivity contribution is 7.99. The first-order chi connectivity index (χ1) is 5.58. The summed E-state index contributed by atoms with van der Waals surface area (Å²) < 4.78 is 24.7. The maximum absolute atomic E-state index is 12.4. The topological polar surface area (TPSA) is 12.0 Å². The summed E-state index contributed by atoms with van der Waals surface area (Å²) in [6, 6.07) is 0. The Balaban J connectivity index is 2.02. The molecule has 1 saturated heterocycles. The van der Waals surface area contributed by atoms with E-state index in [4.69, 9.17) is 0 Å². The van der Waals surface area contributed by atoms with E-state index >= 15 is 0 Å². The van der Waals surface area contributed by atoms with E-state index in [-0.39, 0.29) is 6.42 Å². The molecule has 0 aromatic rings. The first kappa shape index (κ1) is 10.3. The van der Waals surface area contributed by atoms with Crippen LogP contribution >= 0.6 is 11.8 Å². The molecule has 0 aliphatic carbocycles. The summed E-state index contributed by atoms with van der Waals surface area (Å²) in [4.78, 5) is 0. The van der Waals surface area contributed by atoms with Gasteiger partial charge in [-0.05, 0) is 25.6 Å². The first-order valence-electron chi connectivity index (χ1n) is 4.28. The second kappa shape index (κ2) is 4.42. The van der Waals surface area contributed by atoms with E-state index in [2.05, 4.69) is 5.32 Å². The van der Waals surface area contributed by atoms with Gasteiger partial charge in [0.25, 0.3) is 0 Å². The van der Waals surface area contributed by atoms with Crippen LogP contribution in [0, 0.1) is 0 Å². The van der Waals surface area contributed by atoms with E-state index in [9.17, 15) is 8.78 Å². The monoisotopic (exact) mass is 195 g/mol. The fraction of sp³-hybridized carbons (Fsp3) is 1.00. The van der Waals surface area contributed by atoms with Crippen molar-refractivity contribution in [1.82, 2.24) is 5.32 Å². The van der Waals surface area contributed by atoms with Gasteiger partial charge in [-0.25, -0.2) is 8.78 Å². The molecule has 1 aliphatic rings. The molecular formula is C8H15F2NS. The number of thioether (sulfide) groups is 1. The van der Waals surface area contributed by atoms with Crippen molar-refractivity contribution in [1.29, 1.82) is 0 Å². The molecular weight excluding hydrogens is 180 g/mol. The van der Waals surface area contributed by atoms with Crippen LogP contribution in [0.15, 0.2) is 0 Å². The first-order valence-corrected chi connectivity index (χ1v) is 5.33. The fourth-order valence-electron chi connectivity index (χ4n) is 1.18. The molecule has 0 spiro atoms. The van der Waals surface area contributed by atoms with Crippen molar-refractivity contribution in [3.8, 4) is 0 Å². The predicted molar refractivity (Wildman–Crippen MR) is 49.0 cm³/mol. The van der Waals surface area contributed by atoms with Gasteiger partial charge >= 0.3 is 0 Å². The fourth-order valence-corrected chi connectivity index (χ4v) is 2.51. The lowest BCUT2D eigenvalue weighted by atomic mass is 10.3. The van der Waals surface area contributed by atoms with Gasteiger partial charge in [0.15, 0.2) is 0 Å². The molecule has 0 aromatic carbocycles. The minimum absolute atomic E-state index is 0.00810. The Hall–Kier alpha value is 0.170. The zero-order valence-electron chi connectivity index (χ0n) is 7.28. The van der Waals surface area contributed by atoms with Gasteiger partial charge in [0, 0.05) is 18.2 Å². The molecule has 0 bridgehead atoms. The van der Waals surface area contributed by atoms with Crippen molar-refractivity contribution >= 4 is 11.8 Å². The van der Waals surface area contributed by atoms with Gasteiger partial charge in [-0.3, -0.25) is 0 Å². The molecule has 0 aromatic heterocycles. The second-order valence-corrected chi connectivity index (χ2v) is 4.71. The number of hydrogen-bond acceptors (Lipinski definition) is 2. The second-order valence-electron chi connectivity index (χ2n) is 3.31. The Bertz CT molecular complexity index is 130. The van der Waals surface area contributed by atoms with Crippen molar-refractivity contribution in [2.75, 3.05) is 18.8 Å². The van der Waals surface area contributed by atoms with Crippen molar-refractivity contribution in [2.24, 2.45) is 0 Å². The lowest BCUT2D eigenvalue weighted by Crippen LogP contribution is -2.14. The standard InChI is InChI=1S/C8H15F2NS/c1-8(9,10)3-5-12-7-2-4-11-6-7/h7,11H,2-6H2,1H3. The smallest absolute Gasteiger partial charge is 0.246 e. The molecule has 0 amide bonds. The molecule has 72 valence electrons. The van der Waals surface area contributed by atoms with E-state index in [0.29, 0.717) is 11.0 Å². The number of halogens is 2. The van der Waals surface area contributed by atoms with E-state index < -0.39 is 5.92 Å². The summed E-state index contributed by atoms with van der Waals surface area (Å²) in [6.45, 7) is 3.01. The van der Waals surface area contributed by atoms with Gasteiger partial charge in [-0.15, -0.1) is 0 Å². The zero-order valence-corrected chi connectivity index (χ0v) is 8.09. The van der Waals surface area contributed by atoms with E-state index in [1.54, 1.807) is 11.8 Å². The highest BCUT2D eigenvalue weighted by Crippen LogP contribution is 2.24. The Morgan fingerprint density at radius 1 is 1.58 bits per heavy atom. The molecule has 4 heteroatoms. The van der Waals surface area contributed by atoms with Gasteiger partial charge in [-0.2, -0.15) is 11.8 Å². The van der Waals surface area contributed by atoms with Crippen LogP contribution in [0.5, 0.6) is 0 Å². The minimum Gasteiger partial charge on any atom is -0.316 e. The number of rotatable bonds is 4. The maximum atomic E-state index is 12.4. The highest BCUT2D eigenvalue weighted by atomic mass is 32.2. The SMILES string of the molecule is CC(F)(F)CCSC1CCNC1. The molecule has 1 aliphatic heterocycles. The zero-order chi connectivity index (χ0) is 9.03. The van der Waals surface area contributed by atoms with Crippen LogP contribution in [-0.2, 0) is 0 Å². The van der Waals surface area contributed by atoms with Crippen LogP contribution in [-0.4, -0.2) is 30.0 Å². The summed E-state index contributed by atoms with van der Waals surface area (Å²) >= 11 is 1.67. The third kappa shape index (κ3) is 4.26. The van der Waals surface area contributed by atoms with Crippen LogP contribution < -0.4 is 5.32 Å². The maximum Gasteiger partial charge on any atom is 0.246 e. The summed E-state index contributed by atoms with van der Waals surface area (Å²) in [7, 11) is 0. The Kier molecular flexibility index (Phi) is 3.77. The van der Waals surface area contributed by atoms with Crippen LogP contribution in [0.2, 0.25) is 0 Å². The molecule has 1 fully saturated rings. The molecule has 0 radical (unpaired) electrons. The van der Waals surface area contributed by atoms with Crippen LogP contribution in [0.3, 0.4) is 0 Å². The lowest BCUT2D eigenvalue weighted by molar-refractivity contribution is 0.0194. The Labute approximate surface area is 76.3 Å². The van der Waals surface area contributed by atoms with E-state index in [0.717, 1.165) is 26.4 Å². The molecule has 1 heterocycles. The minimum atomic E-state index is -2.49. The van der Waals surface area contributed by atoms with Crippen molar-refractivity contribution in [3.63, 3.8) is 0 Å². The molecule has 0 saturated carbocycles. The molecule has 12 heavy (non-hydrogen) atoms. The third-order valence-corrected chi connectivity index (χ3v) is 3.22. The van der Waals surface area contributed by atoms with Gasteiger partial charge in [0.05, 0.1) is 0 Å². The number of hydrogen-bond donors (Lipinski definition) is 1. The van der Waals surface area contributed by atoms with Crippen LogP contribution in [0.4, 0.5) is 8.78 Å². The summed E-state index contributed by atoms with van der Waals surface area (Å²) in [5, 5.41) is 3.77. The van der Waals surface area contributed by atoms with Crippen LogP contribution in [0.1, 0.15) is 19.8 Å². The average molecular weight is 195 g/mol. The van der Waals surface area contributed by atoms with Crippen molar-refractivity contribution < 1.29 is 8.78 Å². The van der Waals surface area contributed by atoms with Gasteiger partial charge in [0.1, 0.15) is 0 Å². The molecule has 1 rings (SSSR count). The van der Waals surface area contributed by atoms with Crippen molar-refractivity contribution in [3.05, 3.63) is 0 Å². The lowest BCUT2D eigenvalue weighted by Gasteiger charge is -2.11. The highest BCUT2D eigenvalue weighted by Gasteiger charge is 2.22. The van der Waals surface area contributed by atoms with Crippen molar-refractivity contribution in [2.45, 2.75) is 30.9 Å². The Morgan fingerprint density at radius 2 is 2.33 bits per heavy atom. The molecule has 1 N–H and O–H groups in total. The normalized spacial score (nSPS) is 24.8. The largest absolute Gasteiger partial charge is 0.316 e. The predicted octanol–water partition coefficient (Wildman–Crippen LogP) is 2.13. The number of nitrogens with one attached hydrogen (secondary N) is 1. The van der Waals surface area contributed by atoms with Gasteiger partial charge < -0.3 is 5.32 Å². The molecule has 1 atom stereocenters. The van der Waals surface area contributed by atoms with Gasteiger partial charge in [0.2, 0.25) is 5.92 Å². The Morgan fingerprint density at radius 3 is 2.83 bits per heavy atom. The van der Waals surface area contributed by atoms with Crippen LogP contribution in [0.25, 0.3) is 0 Å². The summed E-state index contributed by atoms with van der Waals surface area (Å²) in [5.41, 5.74) is 0. The van der Waals surface area contributed by atoms with Gasteiger partial charge in [-0.1, -0.05) is 0 Å². The number of alkyl halides is 2. The summed E-state index contributed by atoms with van der Waals surface area (Å²) in [6.07, 6.45) is 1.13. The third-order valence-electron chi connectivity index (χ3n) is 1.91. The molecule has 1 unspecified atom stereocenters. The average Bonchev–Trinajstić information content (AvgIpc) is 2.36. The summed E-state index contributed by atoms with van der Waals surface area (Å²) in [5.74, 6) is -1.91. The molecule has 1 nitrogen and oxygen atoms in total. The van der Waals surface area contributed by atoms with E-state index in [1.807, 2.05) is 0 Å². The van der Waals surface area contributed by atoms with E-state index in [1.165, 1.54) is 0 Å².